The van der Waals surface area contributed by atoms with Gasteiger partial charge in [-0.2, -0.15) is 0 Å². The van der Waals surface area contributed by atoms with Gasteiger partial charge in [-0.05, 0) is 35.7 Å². The number of guanidine groups is 1. The lowest BCUT2D eigenvalue weighted by Crippen LogP contribution is -2.40. The van der Waals surface area contributed by atoms with Crippen LogP contribution in [0.25, 0.3) is 0 Å². The van der Waals surface area contributed by atoms with Gasteiger partial charge < -0.3 is 15.1 Å². The van der Waals surface area contributed by atoms with Crippen LogP contribution in [0, 0.1) is 0 Å². The monoisotopic (exact) mass is 332 g/mol. The summed E-state index contributed by atoms with van der Waals surface area (Å²) in [6, 6.07) is 17.3. The lowest BCUT2D eigenvalue weighted by molar-refractivity contribution is 0.865. The predicted octanol–water partition coefficient (Wildman–Crippen LogP) is 3.20. The maximum Gasteiger partial charge on any atom is 0.198 e. The maximum absolute atomic E-state index is 4.49. The van der Waals surface area contributed by atoms with Crippen molar-refractivity contribution in [3.05, 3.63) is 71.8 Å². The van der Waals surface area contributed by atoms with Crippen LogP contribution in [0.2, 0.25) is 0 Å². The summed E-state index contributed by atoms with van der Waals surface area (Å²) in [4.78, 5) is 9.15. The number of nitrogens with zero attached hydrogens (tertiary/aromatic N) is 3. The summed E-state index contributed by atoms with van der Waals surface area (Å²) in [5.74, 6) is 0.943. The lowest BCUT2D eigenvalue weighted by atomic mass is 10.2. The Labute approximate surface area is 149 Å². The largest absolute Gasteiger partial charge is 0.364 e. The van der Waals surface area contributed by atoms with E-state index < -0.39 is 0 Å². The standard InChI is InChI=1S/C21H24N4/c1-22-21(25-14-11-18-8-2-3-10-20(18)25)23-16-17-7-6-9-19(15-17)24-12-4-5-13-24/h2-10,15H,11-14,16H2,1H3,(H,22,23). The molecule has 4 heteroatoms. The van der Waals surface area contributed by atoms with Crippen molar-refractivity contribution >= 4 is 17.3 Å². The fraction of sp³-hybridized carbons (Fsp3) is 0.286. The van der Waals surface area contributed by atoms with Gasteiger partial charge in [-0.3, -0.25) is 4.99 Å². The Morgan fingerprint density at radius 2 is 1.92 bits per heavy atom. The Kier molecular flexibility index (Phi) is 4.42. The number of anilines is 2. The van der Waals surface area contributed by atoms with Crippen molar-refractivity contribution in [1.82, 2.24) is 5.32 Å². The molecule has 4 rings (SSSR count). The van der Waals surface area contributed by atoms with Crippen molar-refractivity contribution in [3.63, 3.8) is 0 Å². The third-order valence-corrected chi connectivity index (χ3v) is 4.90. The van der Waals surface area contributed by atoms with Crippen molar-refractivity contribution < 1.29 is 0 Å². The van der Waals surface area contributed by atoms with Gasteiger partial charge in [-0.15, -0.1) is 0 Å². The Morgan fingerprint density at radius 3 is 2.76 bits per heavy atom. The zero-order chi connectivity index (χ0) is 17.1. The Balaban J connectivity index is 1.45. The highest BCUT2D eigenvalue weighted by Crippen LogP contribution is 2.27. The second-order valence-corrected chi connectivity index (χ2v) is 6.48. The maximum atomic E-state index is 4.49. The van der Waals surface area contributed by atoms with Gasteiger partial charge in [0.05, 0.1) is 0 Å². The number of benzene rings is 2. The second kappa shape index (κ2) is 7.01. The van der Waals surface area contributed by atoms with Gasteiger partial charge in [0.25, 0.3) is 0 Å². The summed E-state index contributed by atoms with van der Waals surface area (Å²) < 4.78 is 0. The molecule has 0 saturated carbocycles. The molecule has 4 nitrogen and oxygen atoms in total. The number of para-hydroxylation sites is 1. The van der Waals surface area contributed by atoms with Gasteiger partial charge in [-0.1, -0.05) is 42.5 Å². The molecule has 128 valence electrons. The van der Waals surface area contributed by atoms with E-state index in [1.807, 2.05) is 7.05 Å². The molecule has 0 unspecified atom stereocenters. The number of hydrogen-bond acceptors (Lipinski definition) is 2. The van der Waals surface area contributed by atoms with Crippen LogP contribution in [0.1, 0.15) is 11.1 Å². The summed E-state index contributed by atoms with van der Waals surface area (Å²) in [5.41, 5.74) is 5.23. The number of rotatable bonds is 3. The van der Waals surface area contributed by atoms with E-state index in [1.165, 1.54) is 22.5 Å². The molecule has 2 aromatic rings. The van der Waals surface area contributed by atoms with Crippen molar-refractivity contribution in [2.24, 2.45) is 4.99 Å². The third-order valence-electron chi connectivity index (χ3n) is 4.90. The molecule has 0 atom stereocenters. The lowest BCUT2D eigenvalue weighted by Gasteiger charge is -2.23. The van der Waals surface area contributed by atoms with Crippen LogP contribution in [0.3, 0.4) is 0 Å². The Hall–Kier alpha value is -2.75. The normalized spacial score (nSPS) is 16.4. The van der Waals surface area contributed by atoms with Gasteiger partial charge >= 0.3 is 0 Å². The van der Waals surface area contributed by atoms with Crippen molar-refractivity contribution in [1.29, 1.82) is 0 Å². The van der Waals surface area contributed by atoms with Crippen molar-refractivity contribution in [2.45, 2.75) is 13.0 Å². The first-order chi connectivity index (χ1) is 12.3. The summed E-state index contributed by atoms with van der Waals surface area (Å²) >= 11 is 0. The fourth-order valence-electron chi connectivity index (χ4n) is 3.59. The molecule has 2 aromatic carbocycles. The summed E-state index contributed by atoms with van der Waals surface area (Å²) in [6.45, 7) is 3.77. The smallest absolute Gasteiger partial charge is 0.198 e. The third kappa shape index (κ3) is 3.25. The SMILES string of the molecule is CN=C(NCc1cccc(N2CC=CC2)c1)N1CCc2ccccc21. The Bertz CT molecular complexity index is 801. The average molecular weight is 332 g/mol. The van der Waals surface area contributed by atoms with Gasteiger partial charge in [0.1, 0.15) is 0 Å². The van der Waals surface area contributed by atoms with Crippen LogP contribution >= 0.6 is 0 Å². The minimum absolute atomic E-state index is 0.778. The minimum atomic E-state index is 0.778. The van der Waals surface area contributed by atoms with Crippen molar-refractivity contribution in [2.75, 3.05) is 36.5 Å². The zero-order valence-corrected chi connectivity index (χ0v) is 14.7. The molecule has 2 aliphatic rings. The first-order valence-corrected chi connectivity index (χ1v) is 8.90. The van der Waals surface area contributed by atoms with Crippen LogP contribution in [-0.2, 0) is 13.0 Å². The van der Waals surface area contributed by atoms with Crippen molar-refractivity contribution in [3.8, 4) is 0 Å². The molecular weight excluding hydrogens is 308 g/mol. The van der Waals surface area contributed by atoms with Crippen LogP contribution in [-0.4, -0.2) is 32.6 Å². The summed E-state index contributed by atoms with van der Waals surface area (Å²) in [6.07, 6.45) is 5.52. The average Bonchev–Trinajstić information content (AvgIpc) is 3.33. The molecule has 25 heavy (non-hydrogen) atoms. The van der Waals surface area contributed by atoms with E-state index >= 15 is 0 Å². The van der Waals surface area contributed by atoms with E-state index in [4.69, 9.17) is 0 Å². The summed E-state index contributed by atoms with van der Waals surface area (Å²) in [7, 11) is 1.86. The van der Waals surface area contributed by atoms with Crippen LogP contribution in [0.4, 0.5) is 11.4 Å². The molecule has 0 aromatic heterocycles. The quantitative estimate of drug-likeness (QED) is 0.532. The molecule has 0 aliphatic carbocycles. The highest BCUT2D eigenvalue weighted by Gasteiger charge is 2.22. The fourth-order valence-corrected chi connectivity index (χ4v) is 3.59. The molecule has 2 aliphatic heterocycles. The van der Waals surface area contributed by atoms with E-state index in [1.54, 1.807) is 0 Å². The van der Waals surface area contributed by atoms with Gasteiger partial charge in [0.2, 0.25) is 0 Å². The number of hydrogen-bond donors (Lipinski definition) is 1. The van der Waals surface area contributed by atoms with E-state index in [0.717, 1.165) is 38.6 Å². The van der Waals surface area contributed by atoms with Gasteiger partial charge in [-0.25, -0.2) is 0 Å². The topological polar surface area (TPSA) is 30.9 Å². The molecule has 0 radical (unpaired) electrons. The molecule has 0 fully saturated rings. The molecule has 2 heterocycles. The second-order valence-electron chi connectivity index (χ2n) is 6.48. The number of fused-ring (bicyclic) bond motifs is 1. The van der Waals surface area contributed by atoms with Crippen LogP contribution in [0.15, 0.2) is 65.7 Å². The molecule has 1 N–H and O–H groups in total. The van der Waals surface area contributed by atoms with Crippen LogP contribution < -0.4 is 15.1 Å². The van der Waals surface area contributed by atoms with E-state index in [-0.39, 0.29) is 0 Å². The minimum Gasteiger partial charge on any atom is -0.364 e. The van der Waals surface area contributed by atoms with Gasteiger partial charge in [0, 0.05) is 44.6 Å². The first kappa shape index (κ1) is 15.8. The van der Waals surface area contributed by atoms with Crippen LogP contribution in [0.5, 0.6) is 0 Å². The molecular formula is C21H24N4. The molecule has 0 amide bonds. The van der Waals surface area contributed by atoms with E-state index in [9.17, 15) is 0 Å². The molecule has 0 saturated heterocycles. The van der Waals surface area contributed by atoms with E-state index in [2.05, 4.69) is 80.8 Å². The highest BCUT2D eigenvalue weighted by molar-refractivity contribution is 5.97. The zero-order valence-electron chi connectivity index (χ0n) is 14.7. The predicted molar refractivity (Wildman–Crippen MR) is 105 cm³/mol. The summed E-state index contributed by atoms with van der Waals surface area (Å²) in [5, 5.41) is 3.53. The number of aliphatic imine (C=N–C) groups is 1. The van der Waals surface area contributed by atoms with Gasteiger partial charge in [0.15, 0.2) is 5.96 Å². The highest BCUT2D eigenvalue weighted by atomic mass is 15.3. The first-order valence-electron chi connectivity index (χ1n) is 8.90. The molecule has 0 bridgehead atoms. The Morgan fingerprint density at radius 1 is 1.08 bits per heavy atom. The van der Waals surface area contributed by atoms with E-state index in [0.29, 0.717) is 0 Å². The number of nitrogens with one attached hydrogen (secondary N) is 1. The molecule has 0 spiro atoms.